The van der Waals surface area contributed by atoms with Gasteiger partial charge in [-0.25, -0.2) is 0 Å². The zero-order chi connectivity index (χ0) is 18.5. The van der Waals surface area contributed by atoms with Crippen LogP contribution in [0.1, 0.15) is 31.4 Å². The van der Waals surface area contributed by atoms with Crippen LogP contribution in [0.25, 0.3) is 0 Å². The number of methoxy groups -OCH3 is 1. The first-order chi connectivity index (χ1) is 12.8. The van der Waals surface area contributed by atoms with E-state index in [0.717, 1.165) is 63.9 Å². The van der Waals surface area contributed by atoms with E-state index in [1.165, 1.54) is 0 Å². The fraction of sp³-hybridized carbons (Fsp3) is 0.650. The number of hydrogen-bond acceptors (Lipinski definition) is 4. The summed E-state index contributed by atoms with van der Waals surface area (Å²) in [6.45, 7) is 7.58. The number of benzene rings is 1. The molecule has 0 spiro atoms. The number of hydrogen-bond donors (Lipinski definition) is 2. The monoisotopic (exact) mass is 491 g/mol. The van der Waals surface area contributed by atoms with Crippen LogP contribution in [-0.4, -0.2) is 59.1 Å². The van der Waals surface area contributed by atoms with E-state index in [1.54, 1.807) is 7.11 Å². The maximum absolute atomic E-state index is 5.73. The highest BCUT2D eigenvalue weighted by Crippen LogP contribution is 2.16. The molecular weight excluding hydrogens is 457 g/mol. The molecule has 2 N–H and O–H groups in total. The predicted octanol–water partition coefficient (Wildman–Crippen LogP) is 2.99. The first-order valence-electron chi connectivity index (χ1n) is 9.59. The summed E-state index contributed by atoms with van der Waals surface area (Å²) in [5.74, 6) is 1.39. The second-order valence-corrected chi connectivity index (χ2v) is 6.44. The molecule has 0 saturated carbocycles. The van der Waals surface area contributed by atoms with Crippen molar-refractivity contribution in [2.24, 2.45) is 10.9 Å². The Kier molecular flexibility index (Phi) is 13.5. The van der Waals surface area contributed by atoms with E-state index in [0.29, 0.717) is 12.5 Å². The Hall–Kier alpha value is -0.900. The minimum Gasteiger partial charge on any atom is -0.381 e. The second kappa shape index (κ2) is 15.1. The van der Waals surface area contributed by atoms with Gasteiger partial charge in [-0.2, -0.15) is 0 Å². The van der Waals surface area contributed by atoms with Gasteiger partial charge in [0, 0.05) is 39.3 Å². The summed E-state index contributed by atoms with van der Waals surface area (Å²) >= 11 is 0. The number of rotatable bonds is 11. The molecule has 2 rings (SSSR count). The van der Waals surface area contributed by atoms with Gasteiger partial charge in [-0.1, -0.05) is 30.3 Å². The summed E-state index contributed by atoms with van der Waals surface area (Å²) in [7, 11) is 1.72. The van der Waals surface area contributed by atoms with Crippen molar-refractivity contribution in [2.45, 2.75) is 25.9 Å². The molecule has 0 aromatic heterocycles. The topological polar surface area (TPSA) is 64.1 Å². The summed E-state index contributed by atoms with van der Waals surface area (Å²) in [6, 6.07) is 10.2. The molecule has 1 aromatic carbocycles. The van der Waals surface area contributed by atoms with Crippen LogP contribution in [0, 0.1) is 5.92 Å². The SMILES string of the molecule is CCNC(=NCC(OC)c1ccccc1)NCCCOCC1CCOC1.I. The highest BCUT2D eigenvalue weighted by molar-refractivity contribution is 14.0. The lowest BCUT2D eigenvalue weighted by Crippen LogP contribution is -2.38. The van der Waals surface area contributed by atoms with E-state index in [1.807, 2.05) is 18.2 Å². The molecule has 0 amide bonds. The van der Waals surface area contributed by atoms with Gasteiger partial charge >= 0.3 is 0 Å². The van der Waals surface area contributed by atoms with Gasteiger partial charge in [0.1, 0.15) is 6.10 Å². The van der Waals surface area contributed by atoms with E-state index in [-0.39, 0.29) is 30.1 Å². The molecule has 1 aliphatic heterocycles. The third-order valence-electron chi connectivity index (χ3n) is 4.35. The Bertz CT molecular complexity index is 510. The van der Waals surface area contributed by atoms with Crippen molar-refractivity contribution in [3.05, 3.63) is 35.9 Å². The van der Waals surface area contributed by atoms with E-state index >= 15 is 0 Å². The van der Waals surface area contributed by atoms with Crippen molar-refractivity contribution in [3.63, 3.8) is 0 Å². The summed E-state index contributed by atoms with van der Waals surface area (Å²) in [6.07, 6.45) is 2.03. The maximum Gasteiger partial charge on any atom is 0.191 e. The van der Waals surface area contributed by atoms with Crippen LogP contribution in [-0.2, 0) is 14.2 Å². The zero-order valence-electron chi connectivity index (χ0n) is 16.5. The minimum atomic E-state index is -0.0383. The van der Waals surface area contributed by atoms with Gasteiger partial charge in [-0.05, 0) is 25.3 Å². The van der Waals surface area contributed by atoms with Crippen LogP contribution in [0.15, 0.2) is 35.3 Å². The highest BCUT2D eigenvalue weighted by atomic mass is 127. The zero-order valence-corrected chi connectivity index (χ0v) is 18.8. The fourth-order valence-corrected chi connectivity index (χ4v) is 2.85. The van der Waals surface area contributed by atoms with E-state index in [4.69, 9.17) is 14.2 Å². The third kappa shape index (κ3) is 9.73. The maximum atomic E-state index is 5.73. The summed E-state index contributed by atoms with van der Waals surface area (Å²) in [4.78, 5) is 4.65. The van der Waals surface area contributed by atoms with E-state index < -0.39 is 0 Å². The van der Waals surface area contributed by atoms with E-state index in [2.05, 4.69) is 34.7 Å². The Labute approximate surface area is 180 Å². The Balaban J connectivity index is 0.00000364. The largest absolute Gasteiger partial charge is 0.381 e. The fourth-order valence-electron chi connectivity index (χ4n) is 2.85. The normalized spacial score (nSPS) is 18.0. The molecule has 27 heavy (non-hydrogen) atoms. The van der Waals surface area contributed by atoms with Crippen molar-refractivity contribution >= 4 is 29.9 Å². The van der Waals surface area contributed by atoms with Gasteiger partial charge in [-0.15, -0.1) is 24.0 Å². The lowest BCUT2D eigenvalue weighted by molar-refractivity contribution is 0.0887. The number of aliphatic imine (C=N–C) groups is 1. The third-order valence-corrected chi connectivity index (χ3v) is 4.35. The highest BCUT2D eigenvalue weighted by Gasteiger charge is 2.15. The van der Waals surface area contributed by atoms with Gasteiger partial charge in [0.15, 0.2) is 5.96 Å². The smallest absolute Gasteiger partial charge is 0.191 e. The second-order valence-electron chi connectivity index (χ2n) is 6.44. The van der Waals surface area contributed by atoms with Gasteiger partial charge in [0.05, 0.1) is 19.8 Å². The van der Waals surface area contributed by atoms with Crippen LogP contribution in [0.3, 0.4) is 0 Å². The van der Waals surface area contributed by atoms with Crippen molar-refractivity contribution in [1.82, 2.24) is 10.6 Å². The lowest BCUT2D eigenvalue weighted by Gasteiger charge is -2.16. The molecule has 6 nitrogen and oxygen atoms in total. The number of nitrogens with one attached hydrogen (secondary N) is 2. The molecule has 7 heteroatoms. The quantitative estimate of drug-likeness (QED) is 0.216. The van der Waals surface area contributed by atoms with Crippen molar-refractivity contribution in [2.75, 3.05) is 53.2 Å². The number of guanidine groups is 1. The predicted molar refractivity (Wildman–Crippen MR) is 120 cm³/mol. The number of nitrogens with zero attached hydrogens (tertiary/aromatic N) is 1. The molecule has 1 fully saturated rings. The van der Waals surface area contributed by atoms with Crippen molar-refractivity contribution in [1.29, 1.82) is 0 Å². The Morgan fingerprint density at radius 3 is 2.78 bits per heavy atom. The van der Waals surface area contributed by atoms with Crippen molar-refractivity contribution in [3.8, 4) is 0 Å². The average Bonchev–Trinajstić information content (AvgIpc) is 3.19. The molecule has 154 valence electrons. The molecule has 1 aromatic rings. The molecule has 1 aliphatic rings. The first-order valence-corrected chi connectivity index (χ1v) is 9.59. The average molecular weight is 491 g/mol. The minimum absolute atomic E-state index is 0. The Morgan fingerprint density at radius 1 is 1.30 bits per heavy atom. The standard InChI is InChI=1S/C20H33N3O3.HI/c1-3-21-20(22-11-7-12-25-15-17-10-13-26-16-17)23-14-19(24-2)18-8-5-4-6-9-18;/h4-6,8-9,17,19H,3,7,10-16H2,1-2H3,(H2,21,22,23);1H. The number of halogens is 1. The summed E-state index contributed by atoms with van der Waals surface area (Å²) < 4.78 is 16.7. The molecule has 2 atom stereocenters. The molecule has 0 aliphatic carbocycles. The summed E-state index contributed by atoms with van der Waals surface area (Å²) in [5, 5.41) is 6.63. The molecular formula is C20H34IN3O3. The number of ether oxygens (including phenoxy) is 3. The first kappa shape index (κ1) is 24.1. The molecule has 1 saturated heterocycles. The summed E-state index contributed by atoms with van der Waals surface area (Å²) in [5.41, 5.74) is 1.14. The molecule has 0 bridgehead atoms. The van der Waals surface area contributed by atoms with Crippen LogP contribution >= 0.6 is 24.0 Å². The molecule has 0 radical (unpaired) electrons. The van der Waals surface area contributed by atoms with Gasteiger partial charge in [-0.3, -0.25) is 4.99 Å². The van der Waals surface area contributed by atoms with Gasteiger partial charge in [0.25, 0.3) is 0 Å². The molecule has 1 heterocycles. The van der Waals surface area contributed by atoms with Gasteiger partial charge in [0.2, 0.25) is 0 Å². The van der Waals surface area contributed by atoms with E-state index in [9.17, 15) is 0 Å². The molecule has 2 unspecified atom stereocenters. The van der Waals surface area contributed by atoms with Crippen LogP contribution in [0.2, 0.25) is 0 Å². The Morgan fingerprint density at radius 2 is 2.11 bits per heavy atom. The lowest BCUT2D eigenvalue weighted by atomic mass is 10.1. The van der Waals surface area contributed by atoms with Crippen LogP contribution < -0.4 is 10.6 Å². The van der Waals surface area contributed by atoms with Crippen LogP contribution in [0.4, 0.5) is 0 Å². The van der Waals surface area contributed by atoms with Gasteiger partial charge < -0.3 is 24.8 Å². The van der Waals surface area contributed by atoms with Crippen molar-refractivity contribution < 1.29 is 14.2 Å². The van der Waals surface area contributed by atoms with Crippen LogP contribution in [0.5, 0.6) is 0 Å².